The van der Waals surface area contributed by atoms with E-state index in [1.54, 1.807) is 0 Å². The van der Waals surface area contributed by atoms with Crippen molar-refractivity contribution >= 4 is 34.8 Å². The summed E-state index contributed by atoms with van der Waals surface area (Å²) in [6, 6.07) is 9.21. The third-order valence-electron chi connectivity index (χ3n) is 10.1. The number of fused-ring (bicyclic) bond motifs is 6. The molecule has 0 saturated heterocycles. The summed E-state index contributed by atoms with van der Waals surface area (Å²) >= 11 is 0. The molecule has 218 valence electrons. The van der Waals surface area contributed by atoms with Gasteiger partial charge in [0.1, 0.15) is 17.7 Å². The zero-order valence-corrected chi connectivity index (χ0v) is 25.0. The Bertz CT molecular complexity index is 1960. The molecule has 0 amide bonds. The van der Waals surface area contributed by atoms with Crippen LogP contribution in [-0.4, -0.2) is 16.4 Å². The van der Waals surface area contributed by atoms with Gasteiger partial charge in [0, 0.05) is 45.4 Å². The minimum atomic E-state index is -0.0867. The summed E-state index contributed by atoms with van der Waals surface area (Å²) in [5.41, 5.74) is 11.6. The molecule has 5 aliphatic carbocycles. The summed E-state index contributed by atoms with van der Waals surface area (Å²) in [6.07, 6.45) is 38.0. The number of furan rings is 1. The number of nitrogens with one attached hydrogen (secondary N) is 1. The number of para-hydroxylation sites is 1. The van der Waals surface area contributed by atoms with Crippen molar-refractivity contribution in [1.82, 2.24) is 9.88 Å². The molecular formula is C40H37N3O. The summed E-state index contributed by atoms with van der Waals surface area (Å²) in [6.45, 7) is 0. The van der Waals surface area contributed by atoms with E-state index in [0.717, 1.165) is 68.6 Å². The molecule has 1 aliphatic heterocycles. The van der Waals surface area contributed by atoms with E-state index in [4.69, 9.17) is 9.41 Å². The summed E-state index contributed by atoms with van der Waals surface area (Å²) in [4.78, 5) is 5.37. The number of nitrogens with zero attached hydrogens (tertiary/aromatic N) is 2. The lowest BCUT2D eigenvalue weighted by atomic mass is 9.87. The average molecular weight is 576 g/mol. The van der Waals surface area contributed by atoms with Gasteiger partial charge in [-0.15, -0.1) is 0 Å². The normalized spacial score (nSPS) is 25.0. The summed E-state index contributed by atoms with van der Waals surface area (Å²) in [5, 5.41) is 5.26. The number of rotatable bonds is 4. The second kappa shape index (κ2) is 10.6. The van der Waals surface area contributed by atoms with Crippen LogP contribution in [0.15, 0.2) is 111 Å². The van der Waals surface area contributed by atoms with Gasteiger partial charge in [0.05, 0.1) is 17.7 Å². The Balaban J connectivity index is 1.05. The standard InChI is InChI=1S/C40H37N3O/c1-2-11-26(12-3-1)34-25-35(42-40(41-34)33-17-10-16-32-31-15-6-9-20-38(31)44-39(32)33)27-21-23-28(24-22-27)43-36-18-7-4-13-29(36)30-14-5-8-19-37(30)43/h1-2,4-7,10-11,13-16,18,21-23,25,28,33,40,42H,3,8-9,12,17,19-20,24H2. The smallest absolute Gasteiger partial charge is 0.129 e. The van der Waals surface area contributed by atoms with Crippen molar-refractivity contribution in [2.75, 3.05) is 0 Å². The minimum Gasteiger partial charge on any atom is -0.464 e. The maximum Gasteiger partial charge on any atom is 0.129 e. The lowest BCUT2D eigenvalue weighted by Crippen LogP contribution is -2.38. The largest absolute Gasteiger partial charge is 0.464 e. The van der Waals surface area contributed by atoms with Crippen LogP contribution in [0, 0.1) is 0 Å². The molecule has 3 aromatic rings. The maximum atomic E-state index is 6.60. The van der Waals surface area contributed by atoms with Gasteiger partial charge in [-0.05, 0) is 68.2 Å². The van der Waals surface area contributed by atoms with Gasteiger partial charge in [-0.2, -0.15) is 0 Å². The molecule has 1 N–H and O–H groups in total. The van der Waals surface area contributed by atoms with E-state index in [-0.39, 0.29) is 12.1 Å². The molecule has 1 aromatic carbocycles. The van der Waals surface area contributed by atoms with Crippen LogP contribution < -0.4 is 5.32 Å². The first kappa shape index (κ1) is 25.9. The SMILES string of the molecule is C1=CCCC(C2=NC(C3CC=Cc4c3oc3c4C=CCC3)NC(C3=CCC(n4c5c(c6ccccc64)C=CCC5)C=C3)=C2)=C1. The lowest BCUT2D eigenvalue weighted by molar-refractivity contribution is 0.375. The molecule has 0 spiro atoms. The van der Waals surface area contributed by atoms with E-state index in [1.165, 1.54) is 50.1 Å². The third-order valence-corrected chi connectivity index (χ3v) is 10.1. The molecule has 3 unspecified atom stereocenters. The van der Waals surface area contributed by atoms with E-state index >= 15 is 0 Å². The number of hydrogen-bond donors (Lipinski definition) is 1. The van der Waals surface area contributed by atoms with Crippen LogP contribution in [0.25, 0.3) is 29.1 Å². The molecule has 6 aliphatic rings. The number of allylic oxidation sites excluding steroid dienone is 11. The third kappa shape index (κ3) is 4.23. The van der Waals surface area contributed by atoms with E-state index < -0.39 is 0 Å². The minimum absolute atomic E-state index is 0.0867. The Morgan fingerprint density at radius 3 is 2.59 bits per heavy atom. The first-order valence-electron chi connectivity index (χ1n) is 16.4. The van der Waals surface area contributed by atoms with Crippen LogP contribution >= 0.6 is 0 Å². The predicted molar refractivity (Wildman–Crippen MR) is 182 cm³/mol. The molecule has 0 bridgehead atoms. The van der Waals surface area contributed by atoms with Crippen molar-refractivity contribution in [2.45, 2.75) is 69.5 Å². The quantitative estimate of drug-likeness (QED) is 0.337. The number of benzene rings is 1. The number of aliphatic imine (C=N–C) groups is 1. The zero-order chi connectivity index (χ0) is 29.0. The highest BCUT2D eigenvalue weighted by Crippen LogP contribution is 2.42. The molecule has 0 saturated carbocycles. The topological polar surface area (TPSA) is 42.5 Å². The fourth-order valence-corrected chi connectivity index (χ4v) is 7.96. The first-order valence-corrected chi connectivity index (χ1v) is 16.4. The average Bonchev–Trinajstić information content (AvgIpc) is 3.65. The fraction of sp³-hybridized carbons (Fsp3) is 0.275. The van der Waals surface area contributed by atoms with Gasteiger partial charge in [0.2, 0.25) is 0 Å². The fourth-order valence-electron chi connectivity index (χ4n) is 7.96. The molecule has 4 nitrogen and oxygen atoms in total. The lowest BCUT2D eigenvalue weighted by Gasteiger charge is -2.32. The van der Waals surface area contributed by atoms with Crippen molar-refractivity contribution in [3.8, 4) is 0 Å². The van der Waals surface area contributed by atoms with Gasteiger partial charge >= 0.3 is 0 Å². The molecule has 44 heavy (non-hydrogen) atoms. The molecule has 0 radical (unpaired) electrons. The van der Waals surface area contributed by atoms with Crippen LogP contribution in [0.5, 0.6) is 0 Å². The Kier molecular flexibility index (Phi) is 6.21. The van der Waals surface area contributed by atoms with E-state index in [0.29, 0.717) is 6.04 Å². The first-order chi connectivity index (χ1) is 21.8. The molecule has 3 atom stereocenters. The summed E-state index contributed by atoms with van der Waals surface area (Å²) in [5.74, 6) is 2.37. The Morgan fingerprint density at radius 2 is 1.70 bits per heavy atom. The molecule has 4 heteroatoms. The second-order valence-corrected chi connectivity index (χ2v) is 12.7. The number of aryl methyl sites for hydroxylation is 1. The highest BCUT2D eigenvalue weighted by atomic mass is 16.3. The van der Waals surface area contributed by atoms with Gasteiger partial charge in [0.15, 0.2) is 0 Å². The maximum absolute atomic E-state index is 6.60. The van der Waals surface area contributed by atoms with E-state index in [9.17, 15) is 0 Å². The van der Waals surface area contributed by atoms with E-state index in [2.05, 4.69) is 113 Å². The highest BCUT2D eigenvalue weighted by Gasteiger charge is 2.35. The second-order valence-electron chi connectivity index (χ2n) is 12.7. The van der Waals surface area contributed by atoms with Gasteiger partial charge in [-0.3, -0.25) is 4.99 Å². The highest BCUT2D eigenvalue weighted by molar-refractivity contribution is 6.10. The van der Waals surface area contributed by atoms with Crippen LogP contribution in [0.4, 0.5) is 0 Å². The van der Waals surface area contributed by atoms with Crippen LogP contribution in [0.2, 0.25) is 0 Å². The molecule has 0 fully saturated rings. The van der Waals surface area contributed by atoms with Crippen LogP contribution in [0.3, 0.4) is 0 Å². The van der Waals surface area contributed by atoms with E-state index in [1.807, 2.05) is 0 Å². The van der Waals surface area contributed by atoms with Crippen LogP contribution in [-0.2, 0) is 12.8 Å². The Labute approximate surface area is 258 Å². The molecule has 3 heterocycles. The monoisotopic (exact) mass is 575 g/mol. The number of hydrogen-bond acceptors (Lipinski definition) is 3. The van der Waals surface area contributed by atoms with Crippen molar-refractivity contribution in [2.24, 2.45) is 4.99 Å². The van der Waals surface area contributed by atoms with Gasteiger partial charge in [-0.25, -0.2) is 0 Å². The number of aromatic nitrogens is 1. The zero-order valence-electron chi connectivity index (χ0n) is 25.0. The van der Waals surface area contributed by atoms with Gasteiger partial charge in [0.25, 0.3) is 0 Å². The Morgan fingerprint density at radius 1 is 0.841 bits per heavy atom. The molecule has 2 aromatic heterocycles. The molecular weight excluding hydrogens is 538 g/mol. The summed E-state index contributed by atoms with van der Waals surface area (Å²) in [7, 11) is 0. The Hall–Kier alpha value is -4.57. The predicted octanol–water partition coefficient (Wildman–Crippen LogP) is 9.31. The van der Waals surface area contributed by atoms with Crippen molar-refractivity contribution < 1.29 is 4.42 Å². The van der Waals surface area contributed by atoms with Crippen molar-refractivity contribution in [3.05, 3.63) is 136 Å². The van der Waals surface area contributed by atoms with Gasteiger partial charge < -0.3 is 14.3 Å². The van der Waals surface area contributed by atoms with Gasteiger partial charge in [-0.1, -0.05) is 91.1 Å². The van der Waals surface area contributed by atoms with Crippen molar-refractivity contribution in [3.63, 3.8) is 0 Å². The molecule has 9 rings (SSSR count). The van der Waals surface area contributed by atoms with Crippen molar-refractivity contribution in [1.29, 1.82) is 0 Å². The van der Waals surface area contributed by atoms with Crippen LogP contribution in [0.1, 0.15) is 84.4 Å². The summed E-state index contributed by atoms with van der Waals surface area (Å²) < 4.78 is 9.19.